The Hall–Kier alpha value is -0.870. The van der Waals surface area contributed by atoms with Gasteiger partial charge >= 0.3 is 0 Å². The highest BCUT2D eigenvalue weighted by molar-refractivity contribution is 5.32. The third-order valence-electron chi connectivity index (χ3n) is 2.69. The van der Waals surface area contributed by atoms with E-state index >= 15 is 0 Å². The molecule has 0 saturated heterocycles. The normalized spacial score (nSPS) is 17.5. The summed E-state index contributed by atoms with van der Waals surface area (Å²) < 4.78 is 1.90. The first-order valence-corrected chi connectivity index (χ1v) is 4.65. The lowest BCUT2D eigenvalue weighted by atomic mass is 10.1. The van der Waals surface area contributed by atoms with Crippen molar-refractivity contribution in [3.8, 4) is 0 Å². The number of hydrogen-bond acceptors (Lipinski definition) is 3. The number of nitrogens with two attached hydrogens (primary N) is 1. The summed E-state index contributed by atoms with van der Waals surface area (Å²) in [6.45, 7) is -0.0244. The van der Waals surface area contributed by atoms with Crippen molar-refractivity contribution in [3.05, 3.63) is 17.0 Å². The molecule has 72 valence electrons. The zero-order valence-corrected chi connectivity index (χ0v) is 7.82. The fourth-order valence-electron chi connectivity index (χ4n) is 2.03. The molecule has 1 heterocycles. The molecular weight excluding hydrogens is 166 g/mol. The Morgan fingerprint density at radius 1 is 1.62 bits per heavy atom. The Labute approximate surface area is 77.4 Å². The lowest BCUT2D eigenvalue weighted by Gasteiger charge is -2.05. The second-order valence-corrected chi connectivity index (χ2v) is 3.58. The van der Waals surface area contributed by atoms with E-state index in [1.165, 1.54) is 17.7 Å². The number of aliphatic hydroxyl groups is 1. The molecule has 1 unspecified atom stereocenters. The molecule has 4 heteroatoms. The van der Waals surface area contributed by atoms with Crippen LogP contribution in [0.2, 0.25) is 0 Å². The second kappa shape index (κ2) is 3.12. The van der Waals surface area contributed by atoms with Crippen molar-refractivity contribution >= 4 is 0 Å². The zero-order valence-electron chi connectivity index (χ0n) is 7.82. The fourth-order valence-corrected chi connectivity index (χ4v) is 2.03. The van der Waals surface area contributed by atoms with E-state index in [1.54, 1.807) is 0 Å². The summed E-state index contributed by atoms with van der Waals surface area (Å²) in [5.74, 6) is 0. The first-order valence-electron chi connectivity index (χ1n) is 4.65. The number of aliphatic hydroxyl groups excluding tert-OH is 1. The molecule has 1 aromatic heterocycles. The number of rotatable bonds is 2. The maximum absolute atomic E-state index is 8.95. The van der Waals surface area contributed by atoms with Gasteiger partial charge in [0.2, 0.25) is 0 Å². The molecule has 1 aliphatic rings. The maximum Gasteiger partial charge on any atom is 0.0849 e. The highest BCUT2D eigenvalue weighted by atomic mass is 16.3. The predicted octanol–water partition coefficient (Wildman–Crippen LogP) is -0.0991. The van der Waals surface area contributed by atoms with Gasteiger partial charge in [0.05, 0.1) is 18.3 Å². The van der Waals surface area contributed by atoms with Crippen molar-refractivity contribution in [1.82, 2.24) is 9.78 Å². The van der Waals surface area contributed by atoms with E-state index in [4.69, 9.17) is 10.8 Å². The van der Waals surface area contributed by atoms with Crippen molar-refractivity contribution in [2.24, 2.45) is 12.8 Å². The van der Waals surface area contributed by atoms with Crippen molar-refractivity contribution in [2.75, 3.05) is 6.61 Å². The molecular formula is C9H15N3O. The summed E-state index contributed by atoms with van der Waals surface area (Å²) in [6, 6.07) is -0.312. The topological polar surface area (TPSA) is 64.1 Å². The minimum absolute atomic E-state index is 0.0244. The van der Waals surface area contributed by atoms with Crippen LogP contribution in [0.1, 0.15) is 29.4 Å². The molecule has 3 N–H and O–H groups in total. The average molecular weight is 181 g/mol. The summed E-state index contributed by atoms with van der Waals surface area (Å²) in [5, 5.41) is 13.3. The molecule has 2 rings (SSSR count). The quantitative estimate of drug-likeness (QED) is 0.669. The number of fused-ring (bicyclic) bond motifs is 1. The smallest absolute Gasteiger partial charge is 0.0849 e. The summed E-state index contributed by atoms with van der Waals surface area (Å²) >= 11 is 0. The number of aryl methyl sites for hydroxylation is 1. The van der Waals surface area contributed by atoms with Gasteiger partial charge in [0.1, 0.15) is 0 Å². The molecule has 0 aromatic carbocycles. The Morgan fingerprint density at radius 2 is 2.38 bits per heavy atom. The molecule has 1 aromatic rings. The number of hydrogen-bond donors (Lipinski definition) is 2. The minimum atomic E-state index is -0.312. The van der Waals surface area contributed by atoms with Gasteiger partial charge < -0.3 is 10.8 Å². The van der Waals surface area contributed by atoms with Crippen LogP contribution in [0.4, 0.5) is 0 Å². The number of nitrogens with zero attached hydrogens (tertiary/aromatic N) is 2. The summed E-state index contributed by atoms with van der Waals surface area (Å²) in [6.07, 6.45) is 3.34. The van der Waals surface area contributed by atoms with E-state index in [9.17, 15) is 0 Å². The predicted molar refractivity (Wildman–Crippen MR) is 49.2 cm³/mol. The Bertz CT molecular complexity index is 319. The second-order valence-electron chi connectivity index (χ2n) is 3.58. The largest absolute Gasteiger partial charge is 0.394 e. The molecule has 0 aliphatic heterocycles. The van der Waals surface area contributed by atoms with Gasteiger partial charge in [-0.25, -0.2) is 0 Å². The lowest BCUT2D eigenvalue weighted by Crippen LogP contribution is -2.16. The molecule has 0 amide bonds. The Morgan fingerprint density at radius 3 is 3.08 bits per heavy atom. The van der Waals surface area contributed by atoms with Gasteiger partial charge in [-0.3, -0.25) is 4.68 Å². The minimum Gasteiger partial charge on any atom is -0.394 e. The third kappa shape index (κ3) is 1.26. The van der Waals surface area contributed by atoms with Crippen molar-refractivity contribution in [2.45, 2.75) is 25.3 Å². The van der Waals surface area contributed by atoms with Gasteiger partial charge in [-0.2, -0.15) is 5.10 Å². The maximum atomic E-state index is 8.95. The fraction of sp³-hybridized carbons (Fsp3) is 0.667. The van der Waals surface area contributed by atoms with Gasteiger partial charge in [0, 0.05) is 12.7 Å². The molecule has 1 atom stereocenters. The molecule has 0 radical (unpaired) electrons. The monoisotopic (exact) mass is 181 g/mol. The first kappa shape index (κ1) is 8.72. The third-order valence-corrected chi connectivity index (χ3v) is 2.69. The van der Waals surface area contributed by atoms with Crippen LogP contribution in [0.15, 0.2) is 0 Å². The summed E-state index contributed by atoms with van der Waals surface area (Å²) in [5.41, 5.74) is 9.20. The first-order chi connectivity index (χ1) is 6.24. The van der Waals surface area contributed by atoms with Crippen molar-refractivity contribution in [1.29, 1.82) is 0 Å². The van der Waals surface area contributed by atoms with Crippen LogP contribution in [-0.4, -0.2) is 21.5 Å². The van der Waals surface area contributed by atoms with Crippen molar-refractivity contribution < 1.29 is 5.11 Å². The van der Waals surface area contributed by atoms with Crippen LogP contribution in [-0.2, 0) is 19.9 Å². The summed E-state index contributed by atoms with van der Waals surface area (Å²) in [7, 11) is 1.94. The standard InChI is InChI=1S/C9H15N3O/c1-12-8-4-2-3-6(8)9(11-12)7(10)5-13/h7,13H,2-5,10H2,1H3. The van der Waals surface area contributed by atoms with Crippen LogP contribution >= 0.6 is 0 Å². The Kier molecular flexibility index (Phi) is 2.09. The van der Waals surface area contributed by atoms with E-state index in [0.29, 0.717) is 0 Å². The van der Waals surface area contributed by atoms with Gasteiger partial charge in [0.15, 0.2) is 0 Å². The van der Waals surface area contributed by atoms with Crippen LogP contribution in [0.25, 0.3) is 0 Å². The number of aromatic nitrogens is 2. The van der Waals surface area contributed by atoms with Crippen LogP contribution in [0.3, 0.4) is 0 Å². The molecule has 0 bridgehead atoms. The van der Waals surface area contributed by atoms with E-state index in [1.807, 2.05) is 11.7 Å². The van der Waals surface area contributed by atoms with E-state index in [-0.39, 0.29) is 12.6 Å². The molecule has 0 fully saturated rings. The molecule has 4 nitrogen and oxygen atoms in total. The van der Waals surface area contributed by atoms with Crippen LogP contribution < -0.4 is 5.73 Å². The SMILES string of the molecule is Cn1nc(C(N)CO)c2c1CCC2. The lowest BCUT2D eigenvalue weighted by molar-refractivity contribution is 0.265. The van der Waals surface area contributed by atoms with Crippen molar-refractivity contribution in [3.63, 3.8) is 0 Å². The van der Waals surface area contributed by atoms with Crippen LogP contribution in [0, 0.1) is 0 Å². The average Bonchev–Trinajstić information content (AvgIpc) is 2.68. The van der Waals surface area contributed by atoms with Gasteiger partial charge in [-0.1, -0.05) is 0 Å². The zero-order chi connectivity index (χ0) is 9.42. The van der Waals surface area contributed by atoms with Gasteiger partial charge in [0.25, 0.3) is 0 Å². The van der Waals surface area contributed by atoms with Crippen LogP contribution in [0.5, 0.6) is 0 Å². The molecule has 13 heavy (non-hydrogen) atoms. The molecule has 0 spiro atoms. The highest BCUT2D eigenvalue weighted by Crippen LogP contribution is 2.27. The molecule has 0 saturated carbocycles. The molecule has 1 aliphatic carbocycles. The van der Waals surface area contributed by atoms with E-state index in [2.05, 4.69) is 5.10 Å². The highest BCUT2D eigenvalue weighted by Gasteiger charge is 2.23. The Balaban J connectivity index is 2.42. The van der Waals surface area contributed by atoms with Gasteiger partial charge in [-0.15, -0.1) is 0 Å². The van der Waals surface area contributed by atoms with Gasteiger partial charge in [-0.05, 0) is 24.8 Å². The van der Waals surface area contributed by atoms with E-state index in [0.717, 1.165) is 18.5 Å². The summed E-state index contributed by atoms with van der Waals surface area (Å²) in [4.78, 5) is 0. The van der Waals surface area contributed by atoms with E-state index < -0.39 is 0 Å².